The van der Waals surface area contributed by atoms with Crippen LogP contribution in [0.4, 0.5) is 0 Å². The molecule has 0 bridgehead atoms. The summed E-state index contributed by atoms with van der Waals surface area (Å²) < 4.78 is 5.87. The number of hydrogen-bond acceptors (Lipinski definition) is 1. The SMILES string of the molecule is CCOP(c1ccc(Cl)cc1)c1ccc(Cl)cc1. The molecule has 18 heavy (non-hydrogen) atoms. The molecule has 2 aromatic carbocycles. The smallest absolute Gasteiger partial charge is 0.0917 e. The maximum Gasteiger partial charge on any atom is 0.0917 e. The van der Waals surface area contributed by atoms with Crippen molar-refractivity contribution in [2.24, 2.45) is 0 Å². The molecule has 0 amide bonds. The summed E-state index contributed by atoms with van der Waals surface area (Å²) in [6, 6.07) is 15.6. The van der Waals surface area contributed by atoms with Gasteiger partial charge in [0.2, 0.25) is 0 Å². The van der Waals surface area contributed by atoms with Crippen LogP contribution in [0.15, 0.2) is 48.5 Å². The zero-order valence-corrected chi connectivity index (χ0v) is 12.3. The van der Waals surface area contributed by atoms with Crippen LogP contribution in [0.2, 0.25) is 10.0 Å². The lowest BCUT2D eigenvalue weighted by molar-refractivity contribution is 0.388. The van der Waals surface area contributed by atoms with Gasteiger partial charge < -0.3 is 4.52 Å². The highest BCUT2D eigenvalue weighted by molar-refractivity contribution is 7.68. The van der Waals surface area contributed by atoms with Crippen molar-refractivity contribution in [3.05, 3.63) is 58.6 Å². The molecule has 94 valence electrons. The van der Waals surface area contributed by atoms with Gasteiger partial charge in [-0.1, -0.05) is 47.5 Å². The number of hydrogen-bond donors (Lipinski definition) is 0. The Hall–Kier alpha value is -0.590. The Kier molecular flexibility index (Phi) is 5.03. The van der Waals surface area contributed by atoms with Crippen molar-refractivity contribution in [3.8, 4) is 0 Å². The van der Waals surface area contributed by atoms with E-state index in [-0.39, 0.29) is 0 Å². The summed E-state index contributed by atoms with van der Waals surface area (Å²) in [7, 11) is -0.793. The third-order valence-corrected chi connectivity index (χ3v) is 4.94. The molecule has 0 aliphatic rings. The largest absolute Gasteiger partial charge is 0.350 e. The number of halogens is 2. The van der Waals surface area contributed by atoms with E-state index in [1.807, 2.05) is 55.5 Å². The summed E-state index contributed by atoms with van der Waals surface area (Å²) in [6.45, 7) is 2.68. The lowest BCUT2D eigenvalue weighted by Gasteiger charge is -2.17. The van der Waals surface area contributed by atoms with Crippen molar-refractivity contribution in [2.75, 3.05) is 6.61 Å². The van der Waals surface area contributed by atoms with Gasteiger partial charge in [-0.2, -0.15) is 0 Å². The van der Waals surface area contributed by atoms with Crippen LogP contribution in [-0.4, -0.2) is 6.61 Å². The van der Waals surface area contributed by atoms with Gasteiger partial charge in [-0.15, -0.1) is 0 Å². The minimum Gasteiger partial charge on any atom is -0.350 e. The highest BCUT2D eigenvalue weighted by Gasteiger charge is 2.14. The third kappa shape index (κ3) is 3.46. The summed E-state index contributed by atoms with van der Waals surface area (Å²) in [5.74, 6) is 0. The van der Waals surface area contributed by atoms with E-state index in [1.54, 1.807) is 0 Å². The normalized spacial score (nSPS) is 10.9. The predicted molar refractivity (Wildman–Crippen MR) is 80.7 cm³/mol. The molecule has 1 nitrogen and oxygen atoms in total. The van der Waals surface area contributed by atoms with Crippen molar-refractivity contribution in [1.82, 2.24) is 0 Å². The van der Waals surface area contributed by atoms with Gasteiger partial charge in [-0.05, 0) is 31.2 Å². The molecule has 0 saturated heterocycles. The van der Waals surface area contributed by atoms with Gasteiger partial charge in [-0.25, -0.2) is 0 Å². The molecule has 0 aliphatic heterocycles. The van der Waals surface area contributed by atoms with Gasteiger partial charge in [0.05, 0.1) is 8.15 Å². The summed E-state index contributed by atoms with van der Waals surface area (Å²) in [5.41, 5.74) is 0. The second kappa shape index (κ2) is 6.54. The average Bonchev–Trinajstić information content (AvgIpc) is 2.39. The van der Waals surface area contributed by atoms with E-state index >= 15 is 0 Å². The first-order valence-corrected chi connectivity index (χ1v) is 7.66. The maximum absolute atomic E-state index is 5.91. The van der Waals surface area contributed by atoms with Gasteiger partial charge >= 0.3 is 0 Å². The lowest BCUT2D eigenvalue weighted by atomic mass is 10.4. The lowest BCUT2D eigenvalue weighted by Crippen LogP contribution is -2.13. The Labute approximate surface area is 119 Å². The Bertz CT molecular complexity index is 451. The van der Waals surface area contributed by atoms with E-state index < -0.39 is 8.15 Å². The van der Waals surface area contributed by atoms with E-state index in [0.29, 0.717) is 6.61 Å². The molecular weight excluding hydrogens is 286 g/mol. The number of rotatable bonds is 4. The molecule has 0 radical (unpaired) electrons. The van der Waals surface area contributed by atoms with Gasteiger partial charge in [0.1, 0.15) is 0 Å². The fourth-order valence-corrected chi connectivity index (χ4v) is 3.53. The summed E-state index contributed by atoms with van der Waals surface area (Å²) >= 11 is 11.8. The first-order chi connectivity index (χ1) is 8.70. The molecule has 0 spiro atoms. The molecule has 0 saturated carbocycles. The standard InChI is InChI=1S/C14H13Cl2OP/c1-2-17-18(13-7-3-11(15)4-8-13)14-9-5-12(16)6-10-14/h3-10H,2H2,1H3. The molecule has 0 fully saturated rings. The van der Waals surface area contributed by atoms with Gasteiger partial charge in [-0.3, -0.25) is 0 Å². The molecule has 0 atom stereocenters. The fraction of sp³-hybridized carbons (Fsp3) is 0.143. The first-order valence-electron chi connectivity index (χ1n) is 5.65. The van der Waals surface area contributed by atoms with Crippen LogP contribution in [0.25, 0.3) is 0 Å². The Morgan fingerprint density at radius 1 is 0.833 bits per heavy atom. The zero-order chi connectivity index (χ0) is 13.0. The van der Waals surface area contributed by atoms with Crippen molar-refractivity contribution in [1.29, 1.82) is 0 Å². The Morgan fingerprint density at radius 3 is 1.56 bits per heavy atom. The molecule has 0 aromatic heterocycles. The molecule has 0 heterocycles. The molecule has 0 aliphatic carbocycles. The Morgan fingerprint density at radius 2 is 1.22 bits per heavy atom. The second-order valence-corrected chi connectivity index (χ2v) is 6.42. The van der Waals surface area contributed by atoms with Crippen molar-refractivity contribution < 1.29 is 4.52 Å². The first kappa shape index (κ1) is 13.8. The Balaban J connectivity index is 2.33. The molecule has 4 heteroatoms. The minimum atomic E-state index is -0.793. The van der Waals surface area contributed by atoms with E-state index in [2.05, 4.69) is 0 Å². The highest BCUT2D eigenvalue weighted by atomic mass is 35.5. The van der Waals surface area contributed by atoms with E-state index in [4.69, 9.17) is 27.7 Å². The fourth-order valence-electron chi connectivity index (χ4n) is 1.58. The van der Waals surface area contributed by atoms with Crippen LogP contribution in [0.5, 0.6) is 0 Å². The topological polar surface area (TPSA) is 9.23 Å². The summed E-state index contributed by atoms with van der Waals surface area (Å²) in [6.07, 6.45) is 0. The van der Waals surface area contributed by atoms with Gasteiger partial charge in [0.15, 0.2) is 0 Å². The highest BCUT2D eigenvalue weighted by Crippen LogP contribution is 2.35. The monoisotopic (exact) mass is 298 g/mol. The van der Waals surface area contributed by atoms with E-state index in [9.17, 15) is 0 Å². The molecule has 2 rings (SSSR count). The second-order valence-electron chi connectivity index (χ2n) is 3.66. The van der Waals surface area contributed by atoms with E-state index in [1.165, 1.54) is 0 Å². The van der Waals surface area contributed by atoms with Crippen molar-refractivity contribution in [3.63, 3.8) is 0 Å². The van der Waals surface area contributed by atoms with Crippen LogP contribution < -0.4 is 10.6 Å². The van der Waals surface area contributed by atoms with Crippen LogP contribution in [-0.2, 0) is 4.52 Å². The van der Waals surface area contributed by atoms with Crippen molar-refractivity contribution >= 4 is 42.0 Å². The number of benzene rings is 2. The molecule has 0 N–H and O–H groups in total. The predicted octanol–water partition coefficient (Wildman–Crippen LogP) is 4.38. The van der Waals surface area contributed by atoms with E-state index in [0.717, 1.165) is 20.7 Å². The molecule has 2 aromatic rings. The quantitative estimate of drug-likeness (QED) is 0.761. The minimum absolute atomic E-state index is 0.678. The van der Waals surface area contributed by atoms with Crippen LogP contribution in [0.1, 0.15) is 6.92 Å². The van der Waals surface area contributed by atoms with Crippen LogP contribution in [0, 0.1) is 0 Å². The molecule has 0 unspecified atom stereocenters. The van der Waals surface area contributed by atoms with Crippen molar-refractivity contribution in [2.45, 2.75) is 6.92 Å². The average molecular weight is 299 g/mol. The summed E-state index contributed by atoms with van der Waals surface area (Å²) in [5, 5.41) is 3.78. The summed E-state index contributed by atoms with van der Waals surface area (Å²) in [4.78, 5) is 0. The zero-order valence-electron chi connectivity index (χ0n) is 9.94. The third-order valence-electron chi connectivity index (χ3n) is 2.38. The molecular formula is C14H13Cl2OP. The maximum atomic E-state index is 5.91. The van der Waals surface area contributed by atoms with Gasteiger partial charge in [0, 0.05) is 27.3 Å². The van der Waals surface area contributed by atoms with Crippen LogP contribution in [0.3, 0.4) is 0 Å². The van der Waals surface area contributed by atoms with Gasteiger partial charge in [0.25, 0.3) is 0 Å². The van der Waals surface area contributed by atoms with Crippen LogP contribution >= 0.6 is 31.4 Å².